The van der Waals surface area contributed by atoms with Gasteiger partial charge in [0.1, 0.15) is 11.6 Å². The van der Waals surface area contributed by atoms with Crippen LogP contribution in [0.3, 0.4) is 0 Å². The molecule has 0 saturated heterocycles. The van der Waals surface area contributed by atoms with Crippen molar-refractivity contribution in [1.82, 2.24) is 20.9 Å². The van der Waals surface area contributed by atoms with Gasteiger partial charge in [0.2, 0.25) is 11.8 Å². The topological polar surface area (TPSA) is 87.6 Å². The number of hydrogen-bond acceptors (Lipinski definition) is 4. The van der Waals surface area contributed by atoms with E-state index in [0.717, 1.165) is 5.56 Å². The third kappa shape index (κ3) is 8.16. The number of benzene rings is 1. The van der Waals surface area contributed by atoms with Crippen molar-refractivity contribution in [2.75, 3.05) is 13.1 Å². The Balaban J connectivity index is 2.06. The molecule has 0 aliphatic carbocycles. The summed E-state index contributed by atoms with van der Waals surface area (Å²) < 4.78 is 19.1. The molecule has 0 unspecified atom stereocenters. The molecule has 1 heterocycles. The number of guanidine groups is 1. The molecule has 0 spiro atoms. The largest absolute Gasteiger partial charge is 0.439 e. The van der Waals surface area contributed by atoms with Gasteiger partial charge in [-0.25, -0.2) is 14.4 Å². The quantitative estimate of drug-likeness (QED) is 0.490. The molecular weight excluding hydrogens is 373 g/mol. The standard InChI is InChI=1S/C21H28FN5O2/c1-5-23-20(26-14-18(28)27-21(2,3)4)25-13-15-8-7-11-24-19(15)29-17-10-6-9-16(22)12-17/h6-12H,5,13-14H2,1-4H3,(H,27,28)(H2,23,25,26). The number of nitrogens with zero attached hydrogens (tertiary/aromatic N) is 2. The van der Waals surface area contributed by atoms with Crippen molar-refractivity contribution in [2.45, 2.75) is 39.8 Å². The molecule has 3 N–H and O–H groups in total. The number of aliphatic imine (C=N–C) groups is 1. The Kier molecular flexibility index (Phi) is 7.94. The molecule has 0 saturated carbocycles. The van der Waals surface area contributed by atoms with Crippen molar-refractivity contribution in [2.24, 2.45) is 4.99 Å². The van der Waals surface area contributed by atoms with Crippen LogP contribution in [0.4, 0.5) is 4.39 Å². The number of ether oxygens (including phenoxy) is 1. The van der Waals surface area contributed by atoms with Gasteiger partial charge in [0.15, 0.2) is 5.96 Å². The molecule has 1 aromatic carbocycles. The number of rotatable bonds is 7. The zero-order valence-corrected chi connectivity index (χ0v) is 17.3. The first-order valence-electron chi connectivity index (χ1n) is 9.47. The average molecular weight is 401 g/mol. The van der Waals surface area contributed by atoms with Crippen molar-refractivity contribution >= 4 is 11.9 Å². The summed E-state index contributed by atoms with van der Waals surface area (Å²) in [6.07, 6.45) is 1.60. The van der Waals surface area contributed by atoms with Crippen LogP contribution in [-0.4, -0.2) is 35.5 Å². The summed E-state index contributed by atoms with van der Waals surface area (Å²) in [6, 6.07) is 9.48. The van der Waals surface area contributed by atoms with E-state index in [0.29, 0.717) is 24.1 Å². The fourth-order valence-electron chi connectivity index (χ4n) is 2.41. The molecule has 0 radical (unpaired) electrons. The molecular formula is C21H28FN5O2. The fourth-order valence-corrected chi connectivity index (χ4v) is 2.41. The van der Waals surface area contributed by atoms with Gasteiger partial charge in [0, 0.05) is 29.9 Å². The fraction of sp³-hybridized carbons (Fsp3) is 0.381. The van der Waals surface area contributed by atoms with E-state index < -0.39 is 0 Å². The second-order valence-electron chi connectivity index (χ2n) is 7.37. The monoisotopic (exact) mass is 401 g/mol. The van der Waals surface area contributed by atoms with Crippen molar-refractivity contribution in [3.63, 3.8) is 0 Å². The van der Waals surface area contributed by atoms with Gasteiger partial charge in [0.05, 0.1) is 13.1 Å². The van der Waals surface area contributed by atoms with Gasteiger partial charge in [-0.05, 0) is 45.9 Å². The van der Waals surface area contributed by atoms with Gasteiger partial charge in [-0.3, -0.25) is 4.79 Å². The van der Waals surface area contributed by atoms with Crippen LogP contribution >= 0.6 is 0 Å². The molecule has 0 atom stereocenters. The zero-order chi connectivity index (χ0) is 21.3. The second kappa shape index (κ2) is 10.4. The number of carbonyl (C=O) groups excluding carboxylic acids is 1. The van der Waals surface area contributed by atoms with Gasteiger partial charge in [0.25, 0.3) is 0 Å². The van der Waals surface area contributed by atoms with Crippen molar-refractivity contribution in [1.29, 1.82) is 0 Å². The molecule has 0 fully saturated rings. The number of amides is 1. The Labute approximate surface area is 170 Å². The molecule has 0 bridgehead atoms. The molecule has 156 valence electrons. The molecule has 0 aliphatic rings. The Morgan fingerprint density at radius 3 is 2.69 bits per heavy atom. The maximum Gasteiger partial charge on any atom is 0.239 e. The van der Waals surface area contributed by atoms with Crippen LogP contribution in [0.2, 0.25) is 0 Å². The molecule has 29 heavy (non-hydrogen) atoms. The van der Waals surface area contributed by atoms with E-state index in [1.165, 1.54) is 12.1 Å². The number of carbonyl (C=O) groups is 1. The van der Waals surface area contributed by atoms with Crippen LogP contribution < -0.4 is 20.7 Å². The van der Waals surface area contributed by atoms with Crippen LogP contribution in [0.1, 0.15) is 33.3 Å². The maximum atomic E-state index is 13.4. The molecule has 7 nitrogen and oxygen atoms in total. The molecule has 1 amide bonds. The third-order valence-corrected chi connectivity index (χ3v) is 3.54. The van der Waals surface area contributed by atoms with Crippen LogP contribution in [0.5, 0.6) is 11.6 Å². The Bertz CT molecular complexity index is 849. The highest BCUT2D eigenvalue weighted by Gasteiger charge is 2.14. The van der Waals surface area contributed by atoms with Crippen molar-refractivity contribution < 1.29 is 13.9 Å². The van der Waals surface area contributed by atoms with E-state index >= 15 is 0 Å². The van der Waals surface area contributed by atoms with E-state index in [4.69, 9.17) is 4.74 Å². The first kappa shape index (κ1) is 22.1. The lowest BCUT2D eigenvalue weighted by Crippen LogP contribution is -2.48. The minimum absolute atomic E-state index is 0.1000. The zero-order valence-electron chi connectivity index (χ0n) is 17.3. The van der Waals surface area contributed by atoms with Crippen LogP contribution in [0.25, 0.3) is 0 Å². The van der Waals surface area contributed by atoms with E-state index in [-0.39, 0.29) is 30.4 Å². The van der Waals surface area contributed by atoms with Crippen molar-refractivity contribution in [3.05, 3.63) is 54.0 Å². The number of nitrogens with one attached hydrogen (secondary N) is 3. The lowest BCUT2D eigenvalue weighted by atomic mass is 10.1. The molecule has 0 aliphatic heterocycles. The second-order valence-corrected chi connectivity index (χ2v) is 7.37. The molecule has 8 heteroatoms. The summed E-state index contributed by atoms with van der Waals surface area (Å²) in [4.78, 5) is 20.7. The van der Waals surface area contributed by atoms with Crippen LogP contribution in [-0.2, 0) is 11.3 Å². The first-order chi connectivity index (χ1) is 13.8. The summed E-state index contributed by atoms with van der Waals surface area (Å²) in [7, 11) is 0. The summed E-state index contributed by atoms with van der Waals surface area (Å²) in [5.74, 6) is 0.697. The smallest absolute Gasteiger partial charge is 0.239 e. The summed E-state index contributed by atoms with van der Waals surface area (Å²) in [6.45, 7) is 8.73. The minimum atomic E-state index is -0.384. The van der Waals surface area contributed by atoms with E-state index in [9.17, 15) is 9.18 Å². The Morgan fingerprint density at radius 1 is 1.21 bits per heavy atom. The SMILES string of the molecule is CCNC(=NCc1cccnc1Oc1cccc(F)c1)NCC(=O)NC(C)(C)C. The van der Waals surface area contributed by atoms with Crippen LogP contribution in [0, 0.1) is 5.82 Å². The van der Waals surface area contributed by atoms with Gasteiger partial charge in [-0.2, -0.15) is 0 Å². The Morgan fingerprint density at radius 2 is 2.00 bits per heavy atom. The highest BCUT2D eigenvalue weighted by atomic mass is 19.1. The number of pyridine rings is 1. The molecule has 2 aromatic rings. The predicted octanol–water partition coefficient (Wildman–Crippen LogP) is 2.98. The number of hydrogen-bond donors (Lipinski definition) is 3. The van der Waals surface area contributed by atoms with E-state index in [1.54, 1.807) is 24.4 Å². The number of halogens is 1. The number of aromatic nitrogens is 1. The van der Waals surface area contributed by atoms with Crippen molar-refractivity contribution in [3.8, 4) is 11.6 Å². The van der Waals surface area contributed by atoms with Gasteiger partial charge in [-0.15, -0.1) is 0 Å². The Hall–Kier alpha value is -3.16. The first-order valence-corrected chi connectivity index (χ1v) is 9.47. The summed E-state index contributed by atoms with van der Waals surface area (Å²) in [5.41, 5.74) is 0.431. The average Bonchev–Trinajstić information content (AvgIpc) is 2.64. The molecule has 2 rings (SSSR count). The molecule has 1 aromatic heterocycles. The maximum absolute atomic E-state index is 13.4. The lowest BCUT2D eigenvalue weighted by Gasteiger charge is -2.21. The van der Waals surface area contributed by atoms with Gasteiger partial charge < -0.3 is 20.7 Å². The van der Waals surface area contributed by atoms with E-state index in [1.807, 2.05) is 33.8 Å². The summed E-state index contributed by atoms with van der Waals surface area (Å²) >= 11 is 0. The third-order valence-electron chi connectivity index (χ3n) is 3.54. The predicted molar refractivity (Wildman–Crippen MR) is 111 cm³/mol. The normalized spacial score (nSPS) is 11.7. The lowest BCUT2D eigenvalue weighted by molar-refractivity contribution is -0.121. The minimum Gasteiger partial charge on any atom is -0.439 e. The van der Waals surface area contributed by atoms with E-state index in [2.05, 4.69) is 25.9 Å². The highest BCUT2D eigenvalue weighted by molar-refractivity contribution is 5.86. The summed E-state index contributed by atoms with van der Waals surface area (Å²) in [5, 5.41) is 8.99. The van der Waals surface area contributed by atoms with Gasteiger partial charge >= 0.3 is 0 Å². The highest BCUT2D eigenvalue weighted by Crippen LogP contribution is 2.23. The van der Waals surface area contributed by atoms with Gasteiger partial charge in [-0.1, -0.05) is 12.1 Å². The van der Waals surface area contributed by atoms with Crippen LogP contribution in [0.15, 0.2) is 47.6 Å².